The lowest BCUT2D eigenvalue weighted by Gasteiger charge is -2.33. The second-order valence-corrected chi connectivity index (χ2v) is 15.0. The second-order valence-electron chi connectivity index (χ2n) is 15.0. The molecule has 0 saturated carbocycles. The minimum Gasteiger partial charge on any atom is -0.309 e. The van der Waals surface area contributed by atoms with E-state index in [-0.39, 0.29) is 5.41 Å². The van der Waals surface area contributed by atoms with E-state index in [9.17, 15) is 0 Å². The van der Waals surface area contributed by atoms with E-state index in [0.29, 0.717) is 17.5 Å². The molecular weight excluding hydrogens is 681 g/mol. The van der Waals surface area contributed by atoms with Gasteiger partial charge in [0, 0.05) is 38.7 Å². The molecule has 1 unspecified atom stereocenters. The fourth-order valence-corrected chi connectivity index (χ4v) is 9.93. The van der Waals surface area contributed by atoms with Crippen LogP contribution >= 0.6 is 0 Å². The van der Waals surface area contributed by atoms with Gasteiger partial charge in [-0.3, -0.25) is 0 Å². The van der Waals surface area contributed by atoms with Crippen LogP contribution < -0.4 is 0 Å². The summed E-state index contributed by atoms with van der Waals surface area (Å²) in [5.74, 6) is 1.95. The summed E-state index contributed by atoms with van der Waals surface area (Å²) in [5.41, 5.74) is 17.0. The van der Waals surface area contributed by atoms with Crippen LogP contribution in [0.15, 0.2) is 188 Å². The monoisotopic (exact) mass is 714 g/mol. The number of nitrogens with zero attached hydrogens (tertiary/aromatic N) is 4. The Bertz CT molecular complexity index is 3080. The van der Waals surface area contributed by atoms with Crippen molar-refractivity contribution in [2.24, 2.45) is 0 Å². The predicted molar refractivity (Wildman–Crippen MR) is 228 cm³/mol. The smallest absolute Gasteiger partial charge is 0.164 e. The highest BCUT2D eigenvalue weighted by Crippen LogP contribution is 2.64. The van der Waals surface area contributed by atoms with Gasteiger partial charge in [-0.15, -0.1) is 0 Å². The van der Waals surface area contributed by atoms with E-state index >= 15 is 0 Å². The van der Waals surface area contributed by atoms with E-state index in [2.05, 4.69) is 150 Å². The van der Waals surface area contributed by atoms with Crippen molar-refractivity contribution in [1.29, 1.82) is 0 Å². The first kappa shape index (κ1) is 31.2. The Balaban J connectivity index is 1.14. The van der Waals surface area contributed by atoms with Gasteiger partial charge in [-0.25, -0.2) is 15.0 Å². The second kappa shape index (κ2) is 11.9. The van der Waals surface area contributed by atoms with Crippen LogP contribution in [0, 0.1) is 0 Å². The van der Waals surface area contributed by atoms with Crippen LogP contribution in [0.1, 0.15) is 35.1 Å². The molecule has 9 aromatic rings. The zero-order valence-corrected chi connectivity index (χ0v) is 30.5. The van der Waals surface area contributed by atoms with E-state index in [4.69, 9.17) is 15.0 Å². The minimum atomic E-state index is -0.341. The lowest BCUT2D eigenvalue weighted by molar-refractivity contribution is 0.714. The lowest BCUT2D eigenvalue weighted by Crippen LogP contribution is -2.27. The summed E-state index contributed by atoms with van der Waals surface area (Å²) in [6.45, 7) is 0. The van der Waals surface area contributed by atoms with E-state index in [1.165, 1.54) is 66.3 Å². The van der Waals surface area contributed by atoms with Crippen molar-refractivity contribution in [3.05, 3.63) is 210 Å². The van der Waals surface area contributed by atoms with E-state index in [1.807, 2.05) is 36.4 Å². The first-order valence-corrected chi connectivity index (χ1v) is 19.4. The molecule has 0 fully saturated rings. The highest BCUT2D eigenvalue weighted by Gasteiger charge is 2.53. The number of hydrogen-bond donors (Lipinski definition) is 0. The zero-order chi connectivity index (χ0) is 36.8. The largest absolute Gasteiger partial charge is 0.309 e. The van der Waals surface area contributed by atoms with Crippen molar-refractivity contribution in [2.75, 3.05) is 0 Å². The van der Waals surface area contributed by atoms with Gasteiger partial charge in [0.1, 0.15) is 0 Å². The molecule has 262 valence electrons. The Labute approximate surface area is 324 Å². The van der Waals surface area contributed by atoms with Gasteiger partial charge in [0.05, 0.1) is 16.4 Å². The predicted octanol–water partition coefficient (Wildman–Crippen LogP) is 12.4. The molecule has 4 nitrogen and oxygen atoms in total. The van der Waals surface area contributed by atoms with E-state index in [1.54, 1.807) is 0 Å². The average Bonchev–Trinajstić information content (AvgIpc) is 3.89. The standard InChI is InChI=1S/C52H34N4/c1-3-16-33(17-4-1)49-53-50(34-18-5-2-6-19-34)55-51(54-49)35-20-15-21-36(32-35)56-46-29-14-10-24-39(46)40-30-31-45-47(48(40)56)41-25-9-13-28-44(41)52(45)42-26-11-7-22-37(42)38-23-8-12-27-43(38)52/h1-11,13-26,28-32H,12,27H2. The van der Waals surface area contributed by atoms with Crippen molar-refractivity contribution in [3.63, 3.8) is 0 Å². The van der Waals surface area contributed by atoms with Gasteiger partial charge in [-0.05, 0) is 70.0 Å². The number of para-hydroxylation sites is 1. The van der Waals surface area contributed by atoms with Crippen LogP contribution in [0.2, 0.25) is 0 Å². The highest BCUT2D eigenvalue weighted by molar-refractivity contribution is 6.16. The van der Waals surface area contributed by atoms with Crippen LogP contribution in [0.25, 0.3) is 78.4 Å². The van der Waals surface area contributed by atoms with Crippen LogP contribution in [0.4, 0.5) is 0 Å². The quantitative estimate of drug-likeness (QED) is 0.182. The fourth-order valence-electron chi connectivity index (χ4n) is 9.93. The lowest BCUT2D eigenvalue weighted by atomic mass is 9.68. The first-order valence-electron chi connectivity index (χ1n) is 19.4. The molecule has 56 heavy (non-hydrogen) atoms. The Morgan fingerprint density at radius 2 is 1.09 bits per heavy atom. The molecule has 7 aromatic carbocycles. The third-order valence-electron chi connectivity index (χ3n) is 12.1. The van der Waals surface area contributed by atoms with Gasteiger partial charge in [-0.2, -0.15) is 0 Å². The summed E-state index contributed by atoms with van der Waals surface area (Å²) in [6.07, 6.45) is 6.82. The third kappa shape index (κ3) is 4.27. The summed E-state index contributed by atoms with van der Waals surface area (Å²) in [6, 6.07) is 61.0. The molecule has 0 radical (unpaired) electrons. The number of allylic oxidation sites excluding steroid dienone is 4. The van der Waals surface area contributed by atoms with Crippen LogP contribution in [0.5, 0.6) is 0 Å². The molecule has 12 rings (SSSR count). The fraction of sp³-hybridized carbons (Fsp3) is 0.0577. The molecule has 0 amide bonds. The molecular formula is C52H34N4. The molecule has 2 aromatic heterocycles. The van der Waals surface area contributed by atoms with Crippen molar-refractivity contribution in [2.45, 2.75) is 18.3 Å². The van der Waals surface area contributed by atoms with Crippen LogP contribution in [-0.2, 0) is 5.41 Å². The molecule has 4 heteroatoms. The highest BCUT2D eigenvalue weighted by atomic mass is 15.0. The van der Waals surface area contributed by atoms with Gasteiger partial charge >= 0.3 is 0 Å². The zero-order valence-electron chi connectivity index (χ0n) is 30.5. The Morgan fingerprint density at radius 1 is 0.482 bits per heavy atom. The number of rotatable bonds is 4. The van der Waals surface area contributed by atoms with Gasteiger partial charge in [0.15, 0.2) is 17.5 Å². The number of benzene rings is 7. The van der Waals surface area contributed by atoms with Gasteiger partial charge in [0.25, 0.3) is 0 Å². The SMILES string of the molecule is C1=CC2=C(CC1)C1(c3ccccc32)c2ccccc2-c2c1ccc1c3ccccc3n(-c3cccc(-c4nc(-c5ccccc5)nc(-c5ccccc5)n4)c3)c21. The Kier molecular flexibility index (Phi) is 6.64. The molecule has 0 N–H and O–H groups in total. The van der Waals surface area contributed by atoms with E-state index < -0.39 is 0 Å². The number of aromatic nitrogens is 4. The third-order valence-corrected chi connectivity index (χ3v) is 12.1. The van der Waals surface area contributed by atoms with Gasteiger partial charge in [0.2, 0.25) is 0 Å². The Morgan fingerprint density at radius 3 is 1.84 bits per heavy atom. The van der Waals surface area contributed by atoms with Crippen molar-refractivity contribution >= 4 is 27.4 Å². The topological polar surface area (TPSA) is 43.6 Å². The summed E-state index contributed by atoms with van der Waals surface area (Å²) in [5, 5.41) is 2.48. The van der Waals surface area contributed by atoms with E-state index in [0.717, 1.165) is 35.2 Å². The summed E-state index contributed by atoms with van der Waals surface area (Å²) in [7, 11) is 0. The minimum absolute atomic E-state index is 0.341. The summed E-state index contributed by atoms with van der Waals surface area (Å²) in [4.78, 5) is 15.2. The van der Waals surface area contributed by atoms with Gasteiger partial charge < -0.3 is 4.57 Å². The molecule has 1 spiro atoms. The van der Waals surface area contributed by atoms with Crippen LogP contribution in [-0.4, -0.2) is 19.5 Å². The molecule has 1 atom stereocenters. The average molecular weight is 715 g/mol. The number of hydrogen-bond acceptors (Lipinski definition) is 3. The molecule has 0 bridgehead atoms. The molecule has 3 aliphatic carbocycles. The van der Waals surface area contributed by atoms with Gasteiger partial charge in [-0.1, -0.05) is 164 Å². The van der Waals surface area contributed by atoms with Crippen molar-refractivity contribution < 1.29 is 0 Å². The summed E-state index contributed by atoms with van der Waals surface area (Å²) < 4.78 is 2.48. The number of fused-ring (bicyclic) bond motifs is 13. The molecule has 2 heterocycles. The Hall–Kier alpha value is -7.17. The van der Waals surface area contributed by atoms with Crippen molar-refractivity contribution in [3.8, 4) is 51.0 Å². The normalized spacial score (nSPS) is 16.4. The summed E-state index contributed by atoms with van der Waals surface area (Å²) >= 11 is 0. The molecule has 0 saturated heterocycles. The first-order chi connectivity index (χ1) is 27.8. The van der Waals surface area contributed by atoms with Crippen LogP contribution in [0.3, 0.4) is 0 Å². The maximum atomic E-state index is 5.10. The molecule has 0 aliphatic heterocycles. The molecule has 3 aliphatic rings. The maximum Gasteiger partial charge on any atom is 0.164 e. The maximum absolute atomic E-state index is 5.10. The van der Waals surface area contributed by atoms with Crippen molar-refractivity contribution in [1.82, 2.24) is 19.5 Å².